The number of hydrogen-bond donors (Lipinski definition) is 3. The van der Waals surface area contributed by atoms with E-state index < -0.39 is 11.9 Å². The summed E-state index contributed by atoms with van der Waals surface area (Å²) < 4.78 is 14.8. The molecule has 2 aromatic carbocycles. The van der Waals surface area contributed by atoms with Gasteiger partial charge in [0.05, 0.1) is 6.20 Å². The van der Waals surface area contributed by atoms with Crippen LogP contribution in [0.5, 0.6) is 5.75 Å². The third-order valence-electron chi connectivity index (χ3n) is 5.59. The summed E-state index contributed by atoms with van der Waals surface area (Å²) in [5.41, 5.74) is 3.00. The number of phenols is 1. The number of fused-ring (bicyclic) bond motifs is 1. The molecule has 2 aliphatic rings. The van der Waals surface area contributed by atoms with Crippen molar-refractivity contribution in [3.8, 4) is 5.75 Å². The van der Waals surface area contributed by atoms with E-state index in [0.29, 0.717) is 35.5 Å². The molecule has 0 bridgehead atoms. The molecule has 1 amide bonds. The number of anilines is 2. The summed E-state index contributed by atoms with van der Waals surface area (Å²) in [5.74, 6) is -0.116. The Morgan fingerprint density at radius 3 is 2.61 bits per heavy atom. The number of phenolic OH excluding ortho intramolecular Hbond substituents is 1. The quantitative estimate of drug-likeness (QED) is 0.597. The smallest absolute Gasteiger partial charge is 0.261 e. The monoisotopic (exact) mass is 418 g/mol. The minimum atomic E-state index is -0.493. The number of aromatic nitrogens is 2. The van der Waals surface area contributed by atoms with Gasteiger partial charge in [-0.25, -0.2) is 9.07 Å². The van der Waals surface area contributed by atoms with Gasteiger partial charge in [-0.3, -0.25) is 9.59 Å². The van der Waals surface area contributed by atoms with Crippen molar-refractivity contribution in [3.05, 3.63) is 82.9 Å². The molecule has 31 heavy (non-hydrogen) atoms. The molecule has 1 aromatic heterocycles. The van der Waals surface area contributed by atoms with E-state index in [4.69, 9.17) is 0 Å². The first-order valence-electron chi connectivity index (χ1n) is 9.98. The normalized spacial score (nSPS) is 17.6. The topological polar surface area (TPSA) is 96.2 Å². The number of halogens is 1. The van der Waals surface area contributed by atoms with Crippen LogP contribution in [0.3, 0.4) is 0 Å². The molecule has 1 aliphatic heterocycles. The molecule has 8 heteroatoms. The standard InChI is InChI=1S/C23H19FN4O3/c24-14-6-8-15(9-7-14)26-23(31)17-12-25-28-21(13-4-10-16(29)11-5-13)20-18(27-22(17)28)2-1-3-19(20)30/h4-12,21,27,29H,1-3H2,(H,26,31). The maximum Gasteiger partial charge on any atom is 0.261 e. The molecule has 3 aromatic rings. The predicted molar refractivity (Wildman–Crippen MR) is 112 cm³/mol. The molecule has 7 nitrogen and oxygen atoms in total. The number of ketones is 1. The minimum Gasteiger partial charge on any atom is -0.508 e. The Kier molecular flexibility index (Phi) is 4.54. The van der Waals surface area contributed by atoms with Crippen LogP contribution in [0.4, 0.5) is 15.9 Å². The average molecular weight is 418 g/mol. The fourth-order valence-corrected chi connectivity index (χ4v) is 4.12. The molecule has 0 saturated heterocycles. The summed E-state index contributed by atoms with van der Waals surface area (Å²) in [4.78, 5) is 25.7. The lowest BCUT2D eigenvalue weighted by molar-refractivity contribution is -0.116. The number of carbonyl (C=O) groups excluding carboxylic acids is 2. The van der Waals surface area contributed by atoms with Crippen LogP contribution in [-0.2, 0) is 4.79 Å². The fourth-order valence-electron chi connectivity index (χ4n) is 4.12. The van der Waals surface area contributed by atoms with Crippen molar-refractivity contribution in [3.63, 3.8) is 0 Å². The van der Waals surface area contributed by atoms with Gasteiger partial charge in [0.2, 0.25) is 0 Å². The maximum atomic E-state index is 13.2. The lowest BCUT2D eigenvalue weighted by atomic mass is 9.85. The summed E-state index contributed by atoms with van der Waals surface area (Å²) in [7, 11) is 0. The van der Waals surface area contributed by atoms with E-state index in [1.807, 2.05) is 0 Å². The molecule has 1 unspecified atom stereocenters. The third kappa shape index (κ3) is 3.35. The lowest BCUT2D eigenvalue weighted by Gasteiger charge is -2.33. The summed E-state index contributed by atoms with van der Waals surface area (Å²) in [5, 5.41) is 20.1. The van der Waals surface area contributed by atoms with Gasteiger partial charge in [-0.2, -0.15) is 5.10 Å². The number of benzene rings is 2. The van der Waals surface area contributed by atoms with Crippen LogP contribution < -0.4 is 10.6 Å². The number of aromatic hydroxyl groups is 1. The van der Waals surface area contributed by atoms with E-state index in [2.05, 4.69) is 15.7 Å². The van der Waals surface area contributed by atoms with Crippen LogP contribution in [0, 0.1) is 5.82 Å². The van der Waals surface area contributed by atoms with Crippen molar-refractivity contribution < 1.29 is 19.1 Å². The van der Waals surface area contributed by atoms with Crippen molar-refractivity contribution >= 4 is 23.2 Å². The van der Waals surface area contributed by atoms with Gasteiger partial charge in [0.25, 0.3) is 5.91 Å². The van der Waals surface area contributed by atoms with Crippen LogP contribution in [-0.4, -0.2) is 26.6 Å². The van der Waals surface area contributed by atoms with E-state index in [9.17, 15) is 19.1 Å². The van der Waals surface area contributed by atoms with Crippen molar-refractivity contribution in [2.75, 3.05) is 10.6 Å². The number of hydrogen-bond acceptors (Lipinski definition) is 5. The summed E-state index contributed by atoms with van der Waals surface area (Å²) in [6.45, 7) is 0. The lowest BCUT2D eigenvalue weighted by Crippen LogP contribution is -2.32. The Morgan fingerprint density at radius 2 is 1.87 bits per heavy atom. The Bertz CT molecular complexity index is 1210. The van der Waals surface area contributed by atoms with E-state index in [1.54, 1.807) is 28.9 Å². The van der Waals surface area contributed by atoms with Crippen molar-refractivity contribution in [1.29, 1.82) is 0 Å². The van der Waals surface area contributed by atoms with Crippen LogP contribution in [0.15, 0.2) is 66.0 Å². The van der Waals surface area contributed by atoms with Crippen molar-refractivity contribution in [2.24, 2.45) is 0 Å². The highest BCUT2D eigenvalue weighted by atomic mass is 19.1. The average Bonchev–Trinajstić information content (AvgIpc) is 3.18. The van der Waals surface area contributed by atoms with E-state index in [0.717, 1.165) is 17.7 Å². The molecule has 1 aliphatic carbocycles. The Hall–Kier alpha value is -3.94. The second-order valence-electron chi connectivity index (χ2n) is 7.60. The number of amides is 1. The number of nitrogens with zero attached hydrogens (tertiary/aromatic N) is 2. The van der Waals surface area contributed by atoms with Gasteiger partial charge < -0.3 is 15.7 Å². The molecule has 2 heterocycles. The van der Waals surface area contributed by atoms with E-state index >= 15 is 0 Å². The third-order valence-corrected chi connectivity index (χ3v) is 5.59. The molecule has 0 radical (unpaired) electrons. The number of nitrogens with one attached hydrogen (secondary N) is 2. The number of rotatable bonds is 3. The Morgan fingerprint density at radius 1 is 1.13 bits per heavy atom. The largest absolute Gasteiger partial charge is 0.508 e. The van der Waals surface area contributed by atoms with Crippen molar-refractivity contribution in [1.82, 2.24) is 9.78 Å². The molecule has 156 valence electrons. The van der Waals surface area contributed by atoms with Gasteiger partial charge in [-0.05, 0) is 54.8 Å². The Balaban J connectivity index is 1.56. The van der Waals surface area contributed by atoms with E-state index in [1.165, 1.54) is 30.5 Å². The van der Waals surface area contributed by atoms with Crippen molar-refractivity contribution in [2.45, 2.75) is 25.3 Å². The number of Topliss-reactive ketones (excluding diaryl/α,β-unsaturated/α-hetero) is 1. The van der Waals surface area contributed by atoms with Crippen LogP contribution >= 0.6 is 0 Å². The first-order chi connectivity index (χ1) is 15.0. The summed E-state index contributed by atoms with van der Waals surface area (Å²) >= 11 is 0. The first-order valence-corrected chi connectivity index (χ1v) is 9.98. The van der Waals surface area contributed by atoms with Crippen LogP contribution in [0.25, 0.3) is 0 Å². The highest BCUT2D eigenvalue weighted by Crippen LogP contribution is 2.41. The zero-order valence-corrected chi connectivity index (χ0v) is 16.4. The number of carbonyl (C=O) groups is 2. The zero-order chi connectivity index (χ0) is 21.5. The molecule has 0 fully saturated rings. The van der Waals surface area contributed by atoms with Gasteiger partial charge in [0.1, 0.15) is 29.0 Å². The molecule has 0 spiro atoms. The fraction of sp³-hybridized carbons (Fsp3) is 0.174. The highest BCUT2D eigenvalue weighted by Gasteiger charge is 2.37. The molecular weight excluding hydrogens is 399 g/mol. The minimum absolute atomic E-state index is 0.0466. The predicted octanol–water partition coefficient (Wildman–Crippen LogP) is 4.00. The van der Waals surface area contributed by atoms with Gasteiger partial charge in [-0.15, -0.1) is 0 Å². The second kappa shape index (κ2) is 7.39. The van der Waals surface area contributed by atoms with Gasteiger partial charge in [0, 0.05) is 23.4 Å². The van der Waals surface area contributed by atoms with Gasteiger partial charge >= 0.3 is 0 Å². The molecule has 3 N–H and O–H groups in total. The summed E-state index contributed by atoms with van der Waals surface area (Å²) in [6.07, 6.45) is 3.35. The number of allylic oxidation sites excluding steroid dienone is 2. The Labute approximate surface area is 177 Å². The molecular formula is C23H19FN4O3. The second-order valence-corrected chi connectivity index (χ2v) is 7.60. The van der Waals surface area contributed by atoms with Crippen LogP contribution in [0.2, 0.25) is 0 Å². The highest BCUT2D eigenvalue weighted by molar-refractivity contribution is 6.08. The SMILES string of the molecule is O=C1CCCC2=C1C(c1ccc(O)cc1)n1ncc(C(=O)Nc3ccc(F)cc3)c1N2. The summed E-state index contributed by atoms with van der Waals surface area (Å²) in [6, 6.07) is 11.6. The maximum absolute atomic E-state index is 13.2. The molecule has 5 rings (SSSR count). The van der Waals surface area contributed by atoms with Crippen LogP contribution in [0.1, 0.15) is 41.2 Å². The molecule has 0 saturated carbocycles. The first kappa shape index (κ1) is 19.0. The van der Waals surface area contributed by atoms with E-state index in [-0.39, 0.29) is 17.3 Å². The zero-order valence-electron chi connectivity index (χ0n) is 16.4. The van der Waals surface area contributed by atoms with Gasteiger partial charge in [0.15, 0.2) is 5.78 Å². The molecule has 1 atom stereocenters. The van der Waals surface area contributed by atoms with Gasteiger partial charge in [-0.1, -0.05) is 12.1 Å².